The Hall–Kier alpha value is -2.17. The van der Waals surface area contributed by atoms with Gasteiger partial charge in [-0.3, -0.25) is 0 Å². The van der Waals surface area contributed by atoms with E-state index in [1.54, 1.807) is 0 Å². The molecule has 0 radical (unpaired) electrons. The van der Waals surface area contributed by atoms with E-state index in [2.05, 4.69) is 22.8 Å². The maximum absolute atomic E-state index is 5.60. The minimum atomic E-state index is -0.190. The zero-order valence-electron chi connectivity index (χ0n) is 11.6. The lowest BCUT2D eigenvalue weighted by Crippen LogP contribution is -2.17. The topological polar surface area (TPSA) is 36.3 Å². The van der Waals surface area contributed by atoms with Crippen LogP contribution in [0.15, 0.2) is 54.6 Å². The van der Waals surface area contributed by atoms with Crippen molar-refractivity contribution < 1.29 is 9.47 Å². The highest BCUT2D eigenvalue weighted by atomic mass is 16.7. The van der Waals surface area contributed by atoms with E-state index in [-0.39, 0.29) is 6.29 Å². The lowest BCUT2D eigenvalue weighted by atomic mass is 10.2. The first kappa shape index (κ1) is 12.6. The van der Waals surface area contributed by atoms with Crippen LogP contribution in [0.25, 0.3) is 22.4 Å². The standard InChI is InChI=1S/C17H16N2O2/c1-2-6-13(7-3-1)17-18-14-8-4-5-9-15(14)19(17)12-16-20-10-11-21-16/h1-9,16H,10-12H2. The molecule has 3 aromatic rings. The van der Waals surface area contributed by atoms with Gasteiger partial charge in [0.05, 0.1) is 30.8 Å². The van der Waals surface area contributed by atoms with Gasteiger partial charge in [0.2, 0.25) is 0 Å². The fourth-order valence-electron chi connectivity index (χ4n) is 2.73. The summed E-state index contributed by atoms with van der Waals surface area (Å²) >= 11 is 0. The van der Waals surface area contributed by atoms with Crippen LogP contribution in [0.1, 0.15) is 0 Å². The summed E-state index contributed by atoms with van der Waals surface area (Å²) in [5, 5.41) is 0. The molecule has 1 aromatic heterocycles. The predicted molar refractivity (Wildman–Crippen MR) is 80.9 cm³/mol. The summed E-state index contributed by atoms with van der Waals surface area (Å²) in [5.74, 6) is 0.955. The SMILES string of the molecule is c1ccc(-c2nc3ccccc3n2CC2OCCO2)cc1. The molecule has 1 aliphatic heterocycles. The number of para-hydroxylation sites is 2. The third-order valence-corrected chi connectivity index (χ3v) is 3.71. The van der Waals surface area contributed by atoms with E-state index in [0.717, 1.165) is 22.4 Å². The van der Waals surface area contributed by atoms with E-state index in [4.69, 9.17) is 14.5 Å². The molecule has 1 saturated heterocycles. The van der Waals surface area contributed by atoms with Gasteiger partial charge in [0.25, 0.3) is 0 Å². The van der Waals surface area contributed by atoms with Crippen LogP contribution in [-0.2, 0) is 16.0 Å². The fraction of sp³-hybridized carbons (Fsp3) is 0.235. The molecule has 106 valence electrons. The maximum atomic E-state index is 5.60. The molecule has 0 N–H and O–H groups in total. The van der Waals surface area contributed by atoms with E-state index >= 15 is 0 Å². The summed E-state index contributed by atoms with van der Waals surface area (Å²) in [5.41, 5.74) is 3.21. The summed E-state index contributed by atoms with van der Waals surface area (Å²) in [6.45, 7) is 1.99. The van der Waals surface area contributed by atoms with Crippen molar-refractivity contribution in [3.8, 4) is 11.4 Å². The Morgan fingerprint density at radius 1 is 0.952 bits per heavy atom. The summed E-state index contributed by atoms with van der Waals surface area (Å²) in [6, 6.07) is 18.4. The van der Waals surface area contributed by atoms with Gasteiger partial charge in [-0.15, -0.1) is 0 Å². The average molecular weight is 280 g/mol. The molecule has 21 heavy (non-hydrogen) atoms. The Morgan fingerprint density at radius 2 is 1.67 bits per heavy atom. The second-order valence-corrected chi connectivity index (χ2v) is 5.07. The number of ether oxygens (including phenoxy) is 2. The van der Waals surface area contributed by atoms with Crippen molar-refractivity contribution in [2.24, 2.45) is 0 Å². The number of nitrogens with zero attached hydrogens (tertiary/aromatic N) is 2. The number of hydrogen-bond donors (Lipinski definition) is 0. The molecule has 4 heteroatoms. The summed E-state index contributed by atoms with van der Waals surface area (Å²) < 4.78 is 13.4. The van der Waals surface area contributed by atoms with Crippen LogP contribution in [0.5, 0.6) is 0 Å². The molecular weight excluding hydrogens is 264 g/mol. The Kier molecular flexibility index (Phi) is 3.18. The largest absolute Gasteiger partial charge is 0.348 e. The third kappa shape index (κ3) is 2.33. The van der Waals surface area contributed by atoms with Gasteiger partial charge >= 0.3 is 0 Å². The highest BCUT2D eigenvalue weighted by Gasteiger charge is 2.20. The first-order valence-corrected chi connectivity index (χ1v) is 7.16. The lowest BCUT2D eigenvalue weighted by Gasteiger charge is -2.13. The average Bonchev–Trinajstić information content (AvgIpc) is 3.17. The van der Waals surface area contributed by atoms with Crippen LogP contribution in [-0.4, -0.2) is 29.1 Å². The summed E-state index contributed by atoms with van der Waals surface area (Å²) in [6.07, 6.45) is -0.190. The maximum Gasteiger partial charge on any atom is 0.175 e. The van der Waals surface area contributed by atoms with Gasteiger partial charge in [-0.25, -0.2) is 4.98 Å². The zero-order chi connectivity index (χ0) is 14.1. The molecule has 4 rings (SSSR count). The summed E-state index contributed by atoms with van der Waals surface area (Å²) in [7, 11) is 0. The van der Waals surface area contributed by atoms with Crippen molar-refractivity contribution in [1.29, 1.82) is 0 Å². The molecule has 0 spiro atoms. The van der Waals surface area contributed by atoms with Crippen molar-refractivity contribution in [2.45, 2.75) is 12.8 Å². The number of hydrogen-bond acceptors (Lipinski definition) is 3. The third-order valence-electron chi connectivity index (χ3n) is 3.71. The van der Waals surface area contributed by atoms with E-state index in [0.29, 0.717) is 19.8 Å². The van der Waals surface area contributed by atoms with E-state index in [9.17, 15) is 0 Å². The van der Waals surface area contributed by atoms with Gasteiger partial charge < -0.3 is 14.0 Å². The highest BCUT2D eigenvalue weighted by Crippen LogP contribution is 2.25. The number of aromatic nitrogens is 2. The van der Waals surface area contributed by atoms with Gasteiger partial charge in [0.15, 0.2) is 6.29 Å². The highest BCUT2D eigenvalue weighted by molar-refractivity contribution is 5.80. The number of imidazole rings is 1. The predicted octanol–water partition coefficient (Wildman–Crippen LogP) is 3.08. The molecule has 0 aliphatic carbocycles. The van der Waals surface area contributed by atoms with E-state index in [1.165, 1.54) is 0 Å². The summed E-state index contributed by atoms with van der Waals surface area (Å²) in [4.78, 5) is 4.78. The van der Waals surface area contributed by atoms with Gasteiger partial charge in [0, 0.05) is 5.56 Å². The molecule has 0 amide bonds. The van der Waals surface area contributed by atoms with Crippen LogP contribution in [0.4, 0.5) is 0 Å². The molecular formula is C17H16N2O2. The Bertz CT molecular complexity index is 746. The second kappa shape index (κ2) is 5.31. The van der Waals surface area contributed by atoms with Gasteiger partial charge in [-0.1, -0.05) is 42.5 Å². The van der Waals surface area contributed by atoms with Crippen LogP contribution in [0.2, 0.25) is 0 Å². The molecule has 2 aromatic carbocycles. The minimum absolute atomic E-state index is 0.190. The van der Waals surface area contributed by atoms with Crippen molar-refractivity contribution in [1.82, 2.24) is 9.55 Å². The molecule has 0 saturated carbocycles. The first-order valence-electron chi connectivity index (χ1n) is 7.16. The number of benzene rings is 2. The Morgan fingerprint density at radius 3 is 2.48 bits per heavy atom. The van der Waals surface area contributed by atoms with Crippen molar-refractivity contribution >= 4 is 11.0 Å². The Balaban J connectivity index is 1.84. The normalized spacial score (nSPS) is 15.8. The number of fused-ring (bicyclic) bond motifs is 1. The van der Waals surface area contributed by atoms with E-state index in [1.807, 2.05) is 36.4 Å². The number of rotatable bonds is 3. The second-order valence-electron chi connectivity index (χ2n) is 5.07. The van der Waals surface area contributed by atoms with Crippen LogP contribution in [0.3, 0.4) is 0 Å². The van der Waals surface area contributed by atoms with Gasteiger partial charge in [0.1, 0.15) is 5.82 Å². The Labute approximate surface area is 122 Å². The van der Waals surface area contributed by atoms with Crippen molar-refractivity contribution in [3.05, 3.63) is 54.6 Å². The fourth-order valence-corrected chi connectivity index (χ4v) is 2.73. The first-order chi connectivity index (χ1) is 10.4. The molecule has 0 atom stereocenters. The van der Waals surface area contributed by atoms with Crippen LogP contribution in [0, 0.1) is 0 Å². The van der Waals surface area contributed by atoms with Gasteiger partial charge in [-0.2, -0.15) is 0 Å². The van der Waals surface area contributed by atoms with Crippen molar-refractivity contribution in [2.75, 3.05) is 13.2 Å². The van der Waals surface area contributed by atoms with E-state index < -0.39 is 0 Å². The lowest BCUT2D eigenvalue weighted by molar-refractivity contribution is -0.0515. The quantitative estimate of drug-likeness (QED) is 0.739. The van der Waals surface area contributed by atoms with Crippen LogP contribution >= 0.6 is 0 Å². The van der Waals surface area contributed by atoms with Crippen molar-refractivity contribution in [3.63, 3.8) is 0 Å². The molecule has 1 aliphatic rings. The monoisotopic (exact) mass is 280 g/mol. The molecule has 1 fully saturated rings. The molecule has 0 bridgehead atoms. The smallest absolute Gasteiger partial charge is 0.175 e. The minimum Gasteiger partial charge on any atom is -0.348 e. The van der Waals surface area contributed by atoms with Crippen LogP contribution < -0.4 is 0 Å². The van der Waals surface area contributed by atoms with Gasteiger partial charge in [-0.05, 0) is 12.1 Å². The molecule has 0 unspecified atom stereocenters. The molecule has 4 nitrogen and oxygen atoms in total. The zero-order valence-corrected chi connectivity index (χ0v) is 11.6. The molecule has 2 heterocycles.